The highest BCUT2D eigenvalue weighted by Crippen LogP contribution is 2.26. The van der Waals surface area contributed by atoms with Gasteiger partial charge >= 0.3 is 0 Å². The third kappa shape index (κ3) is 2.31. The van der Waals surface area contributed by atoms with Crippen molar-refractivity contribution >= 4 is 0 Å². The maximum atomic E-state index is 5.35. The van der Waals surface area contributed by atoms with Crippen molar-refractivity contribution in [3.63, 3.8) is 0 Å². The molecule has 2 aromatic heterocycles. The molecule has 7 nitrogen and oxygen atoms in total. The maximum absolute atomic E-state index is 5.35. The summed E-state index contributed by atoms with van der Waals surface area (Å²) in [7, 11) is 0. The second-order valence-electron chi connectivity index (χ2n) is 4.93. The minimum Gasteiger partial charge on any atom is -0.381 e. The number of nitrogens with one attached hydrogen (secondary N) is 1. The summed E-state index contributed by atoms with van der Waals surface area (Å²) >= 11 is 0. The normalized spacial score (nSPS) is 18.2. The van der Waals surface area contributed by atoms with Crippen molar-refractivity contribution in [2.75, 3.05) is 13.2 Å². The molecule has 1 fully saturated rings. The van der Waals surface area contributed by atoms with E-state index in [4.69, 9.17) is 9.26 Å². The fourth-order valence-corrected chi connectivity index (χ4v) is 2.37. The molecule has 7 heteroatoms. The van der Waals surface area contributed by atoms with Gasteiger partial charge in [-0.25, -0.2) is 4.98 Å². The number of nitrogens with zero attached hydrogens (tertiary/aromatic N) is 4. The molecule has 3 aromatic rings. The van der Waals surface area contributed by atoms with Crippen LogP contribution in [-0.2, 0) is 4.74 Å². The molecule has 0 amide bonds. The Morgan fingerprint density at radius 3 is 2.71 bits per heavy atom. The van der Waals surface area contributed by atoms with Crippen LogP contribution in [0.25, 0.3) is 22.8 Å². The number of aromatic nitrogens is 5. The predicted molar refractivity (Wildman–Crippen MR) is 73.3 cm³/mol. The van der Waals surface area contributed by atoms with E-state index in [9.17, 15) is 0 Å². The lowest BCUT2D eigenvalue weighted by atomic mass is 10.1. The average Bonchev–Trinajstić information content (AvgIpc) is 3.27. The molecule has 106 valence electrons. The van der Waals surface area contributed by atoms with Crippen molar-refractivity contribution in [2.45, 2.75) is 12.3 Å². The molecule has 1 aliphatic rings. The fourth-order valence-electron chi connectivity index (χ4n) is 2.37. The summed E-state index contributed by atoms with van der Waals surface area (Å²) in [6, 6.07) is 7.75. The highest BCUT2D eigenvalue weighted by atomic mass is 16.5. The smallest absolute Gasteiger partial charge is 0.257 e. The molecule has 1 aliphatic heterocycles. The zero-order chi connectivity index (χ0) is 14.1. The standard InChI is InChI=1S/C14H13N5O2/c1-3-10(4-2-9(1)12-15-8-16-18-12)14-17-13(19-21-14)11-5-6-20-7-11/h1-4,8,11H,5-7H2,(H,15,16,18)/t11-/m0/s1. The van der Waals surface area contributed by atoms with Crippen LogP contribution in [0, 0.1) is 0 Å². The molecule has 3 heterocycles. The van der Waals surface area contributed by atoms with Crippen molar-refractivity contribution in [1.29, 1.82) is 0 Å². The van der Waals surface area contributed by atoms with Crippen LogP contribution in [-0.4, -0.2) is 38.5 Å². The largest absolute Gasteiger partial charge is 0.381 e. The molecule has 1 aromatic carbocycles. The Bertz CT molecular complexity index is 714. The predicted octanol–water partition coefficient (Wildman–Crippen LogP) is 2.03. The molecule has 0 unspecified atom stereocenters. The first-order chi connectivity index (χ1) is 10.4. The number of hydrogen-bond acceptors (Lipinski definition) is 6. The van der Waals surface area contributed by atoms with E-state index >= 15 is 0 Å². The van der Waals surface area contributed by atoms with Crippen LogP contribution in [0.3, 0.4) is 0 Å². The second-order valence-corrected chi connectivity index (χ2v) is 4.93. The summed E-state index contributed by atoms with van der Waals surface area (Å²) in [5.74, 6) is 2.23. The maximum Gasteiger partial charge on any atom is 0.257 e. The van der Waals surface area contributed by atoms with Crippen LogP contribution in [0.2, 0.25) is 0 Å². The minimum atomic E-state index is 0.246. The summed E-state index contributed by atoms with van der Waals surface area (Å²) in [6.45, 7) is 1.43. The van der Waals surface area contributed by atoms with E-state index in [1.54, 1.807) is 0 Å². The van der Waals surface area contributed by atoms with Gasteiger partial charge in [-0.3, -0.25) is 5.10 Å². The molecule has 0 bridgehead atoms. The first-order valence-corrected chi connectivity index (χ1v) is 6.78. The summed E-state index contributed by atoms with van der Waals surface area (Å²) in [5, 5.41) is 10.7. The molecule has 21 heavy (non-hydrogen) atoms. The molecule has 4 rings (SSSR count). The topological polar surface area (TPSA) is 89.7 Å². The van der Waals surface area contributed by atoms with E-state index in [0.717, 1.165) is 35.8 Å². The Kier molecular flexibility index (Phi) is 2.97. The van der Waals surface area contributed by atoms with Crippen LogP contribution in [0.4, 0.5) is 0 Å². The molecule has 0 radical (unpaired) electrons. The van der Waals surface area contributed by atoms with Gasteiger partial charge in [0, 0.05) is 23.7 Å². The van der Waals surface area contributed by atoms with Crippen molar-refractivity contribution in [2.24, 2.45) is 0 Å². The van der Waals surface area contributed by atoms with Crippen LogP contribution in [0.1, 0.15) is 18.2 Å². The lowest BCUT2D eigenvalue weighted by Gasteiger charge is -1.98. The number of ether oxygens (including phenoxy) is 1. The summed E-state index contributed by atoms with van der Waals surface area (Å²) in [4.78, 5) is 8.57. The molecule has 0 spiro atoms. The van der Waals surface area contributed by atoms with E-state index in [-0.39, 0.29) is 5.92 Å². The van der Waals surface area contributed by atoms with Gasteiger partial charge in [0.2, 0.25) is 0 Å². The number of hydrogen-bond donors (Lipinski definition) is 1. The highest BCUT2D eigenvalue weighted by molar-refractivity contribution is 5.61. The fraction of sp³-hybridized carbons (Fsp3) is 0.286. The number of rotatable bonds is 3. The minimum absolute atomic E-state index is 0.246. The molecule has 0 aliphatic carbocycles. The van der Waals surface area contributed by atoms with Gasteiger partial charge < -0.3 is 9.26 Å². The highest BCUT2D eigenvalue weighted by Gasteiger charge is 2.23. The van der Waals surface area contributed by atoms with E-state index in [1.165, 1.54) is 6.33 Å². The van der Waals surface area contributed by atoms with E-state index in [1.807, 2.05) is 24.3 Å². The summed E-state index contributed by atoms with van der Waals surface area (Å²) in [5.41, 5.74) is 1.84. The van der Waals surface area contributed by atoms with E-state index in [0.29, 0.717) is 12.5 Å². The van der Waals surface area contributed by atoms with Crippen LogP contribution in [0.5, 0.6) is 0 Å². The SMILES string of the molecule is c1n[nH]c(-c2ccc(-c3nc([C@H]4CCOC4)no3)cc2)n1. The molecule has 1 N–H and O–H groups in total. The van der Waals surface area contributed by atoms with Crippen LogP contribution < -0.4 is 0 Å². The Morgan fingerprint density at radius 1 is 1.14 bits per heavy atom. The lowest BCUT2D eigenvalue weighted by molar-refractivity contribution is 0.192. The zero-order valence-electron chi connectivity index (χ0n) is 11.2. The monoisotopic (exact) mass is 283 g/mol. The quantitative estimate of drug-likeness (QED) is 0.791. The Balaban J connectivity index is 1.58. The van der Waals surface area contributed by atoms with Crippen molar-refractivity contribution in [1.82, 2.24) is 25.3 Å². The van der Waals surface area contributed by atoms with Gasteiger partial charge in [-0.2, -0.15) is 10.1 Å². The molecular formula is C14H13N5O2. The van der Waals surface area contributed by atoms with Gasteiger partial charge in [0.15, 0.2) is 11.6 Å². The summed E-state index contributed by atoms with van der Waals surface area (Å²) < 4.78 is 10.7. The van der Waals surface area contributed by atoms with E-state index < -0.39 is 0 Å². The van der Waals surface area contributed by atoms with Crippen LogP contribution in [0.15, 0.2) is 35.1 Å². The first-order valence-electron chi connectivity index (χ1n) is 6.78. The van der Waals surface area contributed by atoms with Gasteiger partial charge in [0.1, 0.15) is 6.33 Å². The zero-order valence-corrected chi connectivity index (χ0v) is 11.2. The third-order valence-electron chi connectivity index (χ3n) is 3.56. The third-order valence-corrected chi connectivity index (χ3v) is 3.56. The number of H-pyrrole nitrogens is 1. The average molecular weight is 283 g/mol. The number of benzene rings is 1. The van der Waals surface area contributed by atoms with Gasteiger partial charge in [0.25, 0.3) is 5.89 Å². The van der Waals surface area contributed by atoms with Crippen molar-refractivity contribution in [3.05, 3.63) is 36.4 Å². The first kappa shape index (κ1) is 12.2. The Labute approximate surface area is 120 Å². The number of aromatic amines is 1. The van der Waals surface area contributed by atoms with E-state index in [2.05, 4.69) is 25.3 Å². The molecule has 1 atom stereocenters. The molecule has 1 saturated heterocycles. The van der Waals surface area contributed by atoms with Gasteiger partial charge in [0.05, 0.1) is 6.61 Å². The Hall–Kier alpha value is -2.54. The summed E-state index contributed by atoms with van der Waals surface area (Å²) in [6.07, 6.45) is 2.43. The Morgan fingerprint density at radius 2 is 2.00 bits per heavy atom. The van der Waals surface area contributed by atoms with Gasteiger partial charge in [-0.05, 0) is 18.6 Å². The second kappa shape index (κ2) is 5.10. The van der Waals surface area contributed by atoms with Gasteiger partial charge in [-0.1, -0.05) is 17.3 Å². The molecular weight excluding hydrogens is 270 g/mol. The van der Waals surface area contributed by atoms with Crippen molar-refractivity contribution in [3.8, 4) is 22.8 Å². The van der Waals surface area contributed by atoms with Crippen molar-refractivity contribution < 1.29 is 9.26 Å². The van der Waals surface area contributed by atoms with Crippen LogP contribution >= 0.6 is 0 Å². The lowest BCUT2D eigenvalue weighted by Crippen LogP contribution is -1.99. The molecule has 0 saturated carbocycles. The van der Waals surface area contributed by atoms with Gasteiger partial charge in [-0.15, -0.1) is 0 Å².